The Balaban J connectivity index is 1.54. The summed E-state index contributed by atoms with van der Waals surface area (Å²) in [5.74, 6) is 1.22. The van der Waals surface area contributed by atoms with Crippen LogP contribution in [0.5, 0.6) is 0 Å². The van der Waals surface area contributed by atoms with E-state index in [0.29, 0.717) is 28.1 Å². The lowest BCUT2D eigenvalue weighted by Gasteiger charge is -2.56. The fraction of sp³-hybridized carbons (Fsp3) is 0.625. The number of carbonyl (C=O) groups excluding carboxylic acids is 1. The van der Waals surface area contributed by atoms with Gasteiger partial charge in [0, 0.05) is 13.5 Å². The predicted octanol–water partition coefficient (Wildman–Crippen LogP) is 3.72. The number of allylic oxidation sites excluding steroid dienone is 1. The number of nitrogens with zero attached hydrogens (tertiary/aromatic N) is 2. The molecule has 4 nitrogen and oxygen atoms in total. The second-order valence-corrected chi connectivity index (χ2v) is 7.43. The summed E-state index contributed by atoms with van der Waals surface area (Å²) in [6, 6.07) is 0. The van der Waals surface area contributed by atoms with Crippen LogP contribution >= 0.6 is 15.9 Å². The zero-order valence-corrected chi connectivity index (χ0v) is 14.3. The normalized spacial score (nSPS) is 26.0. The summed E-state index contributed by atoms with van der Waals surface area (Å²) in [5, 5.41) is 4.03. The molecule has 1 aromatic rings. The van der Waals surface area contributed by atoms with Crippen LogP contribution in [0.4, 0.5) is 0 Å². The maximum absolute atomic E-state index is 12.0. The van der Waals surface area contributed by atoms with Crippen LogP contribution in [0.2, 0.25) is 0 Å². The van der Waals surface area contributed by atoms with Crippen molar-refractivity contribution in [2.24, 2.45) is 24.3 Å². The summed E-state index contributed by atoms with van der Waals surface area (Å²) in [6.07, 6.45) is 7.23. The Morgan fingerprint density at radius 1 is 1.57 bits per heavy atom. The molecule has 4 rings (SSSR count). The highest BCUT2D eigenvalue weighted by Gasteiger charge is 2.50. The van der Waals surface area contributed by atoms with Crippen molar-refractivity contribution < 1.29 is 9.53 Å². The van der Waals surface area contributed by atoms with Gasteiger partial charge in [-0.3, -0.25) is 4.68 Å². The van der Waals surface area contributed by atoms with Crippen LogP contribution in [-0.4, -0.2) is 22.4 Å². The molecule has 3 aliphatic rings. The van der Waals surface area contributed by atoms with Crippen LogP contribution in [0, 0.1) is 17.3 Å². The number of hydrogen-bond donors (Lipinski definition) is 0. The molecule has 0 spiro atoms. The van der Waals surface area contributed by atoms with E-state index in [4.69, 9.17) is 4.74 Å². The van der Waals surface area contributed by atoms with E-state index < -0.39 is 0 Å². The van der Waals surface area contributed by atoms with Gasteiger partial charge in [0.25, 0.3) is 0 Å². The van der Waals surface area contributed by atoms with Crippen LogP contribution in [0.25, 0.3) is 0 Å². The van der Waals surface area contributed by atoms with Crippen LogP contribution in [-0.2, 0) is 11.8 Å². The second kappa shape index (κ2) is 5.27. The van der Waals surface area contributed by atoms with E-state index in [1.165, 1.54) is 24.6 Å². The molecule has 0 aliphatic heterocycles. The van der Waals surface area contributed by atoms with Crippen molar-refractivity contribution in [3.63, 3.8) is 0 Å². The number of hydrogen-bond acceptors (Lipinski definition) is 3. The second-order valence-electron chi connectivity index (χ2n) is 6.68. The fourth-order valence-electron chi connectivity index (χ4n) is 3.66. The van der Waals surface area contributed by atoms with Gasteiger partial charge in [0.1, 0.15) is 10.2 Å². The number of aryl methyl sites for hydroxylation is 1. The molecule has 0 radical (unpaired) electrons. The highest BCUT2D eigenvalue weighted by Crippen LogP contribution is 2.59. The van der Waals surface area contributed by atoms with Crippen molar-refractivity contribution >= 4 is 21.9 Å². The van der Waals surface area contributed by atoms with Crippen molar-refractivity contribution in [3.05, 3.63) is 28.0 Å². The Labute approximate surface area is 133 Å². The lowest BCUT2D eigenvalue weighted by Crippen LogP contribution is -2.48. The molecular formula is C16H21BrN2O2. The minimum atomic E-state index is -0.308. The standard InChI is InChI=1S/C16H21BrN2O2/c1-16(2)11-5-4-10(13(16)8-11)6-7-21-15(20)12-9-18-19(3)14(12)17/h4,9,11,13H,5-8H2,1-3H3/t11-,13-/m0/s1. The van der Waals surface area contributed by atoms with Crippen LogP contribution in [0.15, 0.2) is 22.4 Å². The lowest BCUT2D eigenvalue weighted by molar-refractivity contribution is -0.0103. The average Bonchev–Trinajstić information content (AvgIpc) is 2.79. The Hall–Kier alpha value is -1.10. The molecule has 21 heavy (non-hydrogen) atoms. The number of halogens is 1. The first-order valence-corrected chi connectivity index (χ1v) is 8.24. The van der Waals surface area contributed by atoms with E-state index in [1.54, 1.807) is 11.7 Å². The largest absolute Gasteiger partial charge is 0.462 e. The van der Waals surface area contributed by atoms with Gasteiger partial charge in [-0.15, -0.1) is 0 Å². The van der Waals surface area contributed by atoms with Crippen molar-refractivity contribution in [1.82, 2.24) is 9.78 Å². The maximum atomic E-state index is 12.0. The average molecular weight is 353 g/mol. The van der Waals surface area contributed by atoms with Crippen molar-refractivity contribution in [2.45, 2.75) is 33.1 Å². The molecule has 1 heterocycles. The molecule has 0 amide bonds. The number of rotatable bonds is 4. The molecule has 3 aliphatic carbocycles. The van der Waals surface area contributed by atoms with Gasteiger partial charge in [-0.25, -0.2) is 4.79 Å². The van der Waals surface area contributed by atoms with Crippen LogP contribution in [0.3, 0.4) is 0 Å². The van der Waals surface area contributed by atoms with Gasteiger partial charge >= 0.3 is 5.97 Å². The molecule has 0 N–H and O–H groups in total. The van der Waals surface area contributed by atoms with Gasteiger partial charge in [-0.05, 0) is 46.0 Å². The topological polar surface area (TPSA) is 44.1 Å². The first-order chi connectivity index (χ1) is 9.91. The van der Waals surface area contributed by atoms with E-state index in [0.717, 1.165) is 12.3 Å². The zero-order chi connectivity index (χ0) is 15.2. The van der Waals surface area contributed by atoms with Crippen LogP contribution in [0.1, 0.15) is 43.5 Å². The van der Waals surface area contributed by atoms with Gasteiger partial charge in [0.05, 0.1) is 12.8 Å². The highest BCUT2D eigenvalue weighted by molar-refractivity contribution is 9.10. The van der Waals surface area contributed by atoms with Crippen molar-refractivity contribution in [1.29, 1.82) is 0 Å². The fourth-order valence-corrected chi connectivity index (χ4v) is 4.01. The Morgan fingerprint density at radius 2 is 2.33 bits per heavy atom. The van der Waals surface area contributed by atoms with E-state index in [-0.39, 0.29) is 5.97 Å². The summed E-state index contributed by atoms with van der Waals surface area (Å²) in [5.41, 5.74) is 2.39. The summed E-state index contributed by atoms with van der Waals surface area (Å²) >= 11 is 3.34. The van der Waals surface area contributed by atoms with Gasteiger partial charge in [-0.2, -0.15) is 5.10 Å². The number of esters is 1. The molecule has 0 unspecified atom stereocenters. The maximum Gasteiger partial charge on any atom is 0.342 e. The zero-order valence-electron chi connectivity index (χ0n) is 12.7. The summed E-state index contributed by atoms with van der Waals surface area (Å²) in [7, 11) is 1.78. The number of aromatic nitrogens is 2. The summed E-state index contributed by atoms with van der Waals surface area (Å²) < 4.78 is 7.66. The SMILES string of the molecule is Cn1ncc(C(=O)OCCC2=CC[C@H]3C[C@@H]2C3(C)C)c1Br. The highest BCUT2D eigenvalue weighted by atomic mass is 79.9. The van der Waals surface area contributed by atoms with Crippen molar-refractivity contribution in [3.8, 4) is 0 Å². The number of fused-ring (bicyclic) bond motifs is 1. The third-order valence-electron chi connectivity index (χ3n) is 5.29. The molecule has 5 heteroatoms. The Morgan fingerprint density at radius 3 is 2.90 bits per heavy atom. The molecule has 2 bridgehead atoms. The van der Waals surface area contributed by atoms with E-state index in [1.807, 2.05) is 0 Å². The molecule has 114 valence electrons. The Bertz CT molecular complexity index is 603. The van der Waals surface area contributed by atoms with E-state index in [2.05, 4.69) is 41.0 Å². The molecule has 0 saturated heterocycles. The molecule has 1 saturated carbocycles. The van der Waals surface area contributed by atoms with Crippen molar-refractivity contribution in [2.75, 3.05) is 6.61 Å². The molecular weight excluding hydrogens is 332 g/mol. The first-order valence-electron chi connectivity index (χ1n) is 7.44. The van der Waals surface area contributed by atoms with Gasteiger partial charge in [0.15, 0.2) is 0 Å². The van der Waals surface area contributed by atoms with Gasteiger partial charge in [-0.1, -0.05) is 25.5 Å². The third-order valence-corrected chi connectivity index (χ3v) is 6.23. The number of ether oxygens (including phenoxy) is 1. The minimum absolute atomic E-state index is 0.308. The molecule has 1 fully saturated rings. The van der Waals surface area contributed by atoms with Gasteiger partial charge in [0.2, 0.25) is 0 Å². The predicted molar refractivity (Wildman–Crippen MR) is 83.9 cm³/mol. The third kappa shape index (κ3) is 2.45. The summed E-state index contributed by atoms with van der Waals surface area (Å²) in [6.45, 7) is 5.17. The molecule has 2 atom stereocenters. The van der Waals surface area contributed by atoms with E-state index in [9.17, 15) is 4.79 Å². The minimum Gasteiger partial charge on any atom is -0.462 e. The molecule has 0 aromatic carbocycles. The first kappa shape index (κ1) is 14.8. The molecule has 1 aromatic heterocycles. The van der Waals surface area contributed by atoms with E-state index >= 15 is 0 Å². The smallest absolute Gasteiger partial charge is 0.342 e. The van der Waals surface area contributed by atoms with Crippen LogP contribution < -0.4 is 0 Å². The monoisotopic (exact) mass is 352 g/mol. The van der Waals surface area contributed by atoms with Gasteiger partial charge < -0.3 is 4.74 Å². The Kier molecular flexibility index (Phi) is 3.72. The quantitative estimate of drug-likeness (QED) is 0.612. The lowest BCUT2D eigenvalue weighted by atomic mass is 9.48. The summed E-state index contributed by atoms with van der Waals surface area (Å²) in [4.78, 5) is 12.0. The number of carbonyl (C=O) groups is 1.